The summed E-state index contributed by atoms with van der Waals surface area (Å²) in [5.41, 5.74) is 1.94. The second kappa shape index (κ2) is 4.97. The van der Waals surface area contributed by atoms with Gasteiger partial charge in [-0.3, -0.25) is 0 Å². The van der Waals surface area contributed by atoms with Crippen LogP contribution in [-0.2, 0) is 11.2 Å². The fraction of sp³-hybridized carbons (Fsp3) is 0.417. The van der Waals surface area contributed by atoms with Crippen molar-refractivity contribution in [1.29, 1.82) is 5.26 Å². The zero-order valence-corrected chi connectivity index (χ0v) is 8.89. The molecule has 2 unspecified atom stereocenters. The molecule has 0 saturated carbocycles. The first-order chi connectivity index (χ1) is 7.79. The number of nitrogens with one attached hydrogen (secondary N) is 1. The number of nitriles is 1. The fourth-order valence-electron chi connectivity index (χ4n) is 1.71. The molecule has 1 aliphatic rings. The zero-order chi connectivity index (χ0) is 11.4. The van der Waals surface area contributed by atoms with Gasteiger partial charge in [-0.2, -0.15) is 5.26 Å². The third-order valence-corrected chi connectivity index (χ3v) is 2.64. The molecule has 1 aromatic rings. The minimum atomic E-state index is -0.446. The Morgan fingerprint density at radius 2 is 2.12 bits per heavy atom. The lowest BCUT2D eigenvalue weighted by atomic mass is 10.1. The van der Waals surface area contributed by atoms with Gasteiger partial charge in [0.2, 0.25) is 0 Å². The number of aliphatic hydroxyl groups is 1. The monoisotopic (exact) mass is 218 g/mol. The van der Waals surface area contributed by atoms with Crippen molar-refractivity contribution in [3.63, 3.8) is 0 Å². The predicted molar refractivity (Wildman–Crippen MR) is 60.0 cm³/mol. The van der Waals surface area contributed by atoms with Crippen molar-refractivity contribution in [1.82, 2.24) is 0 Å². The summed E-state index contributed by atoms with van der Waals surface area (Å²) in [6.45, 7) is 0.922. The summed E-state index contributed by atoms with van der Waals surface area (Å²) >= 11 is 0. The zero-order valence-electron chi connectivity index (χ0n) is 8.89. The summed E-state index contributed by atoms with van der Waals surface area (Å²) in [6, 6.07) is 9.71. The van der Waals surface area contributed by atoms with E-state index in [0.717, 1.165) is 11.3 Å². The van der Waals surface area contributed by atoms with Crippen molar-refractivity contribution in [2.45, 2.75) is 18.6 Å². The Hall–Kier alpha value is -1.57. The summed E-state index contributed by atoms with van der Waals surface area (Å²) < 4.78 is 5.15. The Labute approximate surface area is 94.5 Å². The summed E-state index contributed by atoms with van der Waals surface area (Å²) in [7, 11) is 0. The molecule has 4 nitrogen and oxygen atoms in total. The molecule has 0 radical (unpaired) electrons. The van der Waals surface area contributed by atoms with Crippen molar-refractivity contribution in [3.8, 4) is 6.07 Å². The molecule has 84 valence electrons. The number of anilines is 1. The Morgan fingerprint density at radius 3 is 2.69 bits per heavy atom. The van der Waals surface area contributed by atoms with Gasteiger partial charge in [0.1, 0.15) is 0 Å². The third-order valence-electron chi connectivity index (χ3n) is 2.64. The van der Waals surface area contributed by atoms with Crippen LogP contribution in [0.4, 0.5) is 5.69 Å². The number of rotatable bonds is 3. The molecule has 1 aromatic carbocycles. The first-order valence-corrected chi connectivity index (χ1v) is 5.28. The highest BCUT2D eigenvalue weighted by atomic mass is 16.5. The van der Waals surface area contributed by atoms with Crippen LogP contribution in [0.2, 0.25) is 0 Å². The average Bonchev–Trinajstić information content (AvgIpc) is 2.68. The molecule has 1 aliphatic heterocycles. The van der Waals surface area contributed by atoms with E-state index in [1.54, 1.807) is 0 Å². The standard InChI is InChI=1S/C12H14N2O2/c13-6-5-9-1-3-10(4-2-9)14-11-7-16-8-12(11)15/h1-4,11-12,14-15H,5,7-8H2. The molecule has 0 aromatic heterocycles. The van der Waals surface area contributed by atoms with Crippen molar-refractivity contribution < 1.29 is 9.84 Å². The molecule has 2 rings (SSSR count). The average molecular weight is 218 g/mol. The van der Waals surface area contributed by atoms with Gasteiger partial charge in [0.15, 0.2) is 0 Å². The van der Waals surface area contributed by atoms with E-state index >= 15 is 0 Å². The van der Waals surface area contributed by atoms with Crippen molar-refractivity contribution >= 4 is 5.69 Å². The number of hydrogen-bond donors (Lipinski definition) is 2. The lowest BCUT2D eigenvalue weighted by molar-refractivity contribution is 0.125. The van der Waals surface area contributed by atoms with Gasteiger partial charge < -0.3 is 15.2 Å². The number of hydrogen-bond acceptors (Lipinski definition) is 4. The Bertz CT molecular complexity index is 383. The summed E-state index contributed by atoms with van der Waals surface area (Å²) in [4.78, 5) is 0. The maximum absolute atomic E-state index is 9.56. The quantitative estimate of drug-likeness (QED) is 0.792. The van der Waals surface area contributed by atoms with E-state index in [-0.39, 0.29) is 6.04 Å². The molecule has 0 aliphatic carbocycles. The normalized spacial score (nSPS) is 24.0. The van der Waals surface area contributed by atoms with Crippen LogP contribution >= 0.6 is 0 Å². The highest BCUT2D eigenvalue weighted by Crippen LogP contribution is 2.15. The summed E-state index contributed by atoms with van der Waals surface area (Å²) in [5.74, 6) is 0. The first-order valence-electron chi connectivity index (χ1n) is 5.28. The molecule has 1 heterocycles. The molecule has 4 heteroatoms. The number of nitrogens with zero attached hydrogens (tertiary/aromatic N) is 1. The van der Waals surface area contributed by atoms with E-state index in [1.807, 2.05) is 24.3 Å². The van der Waals surface area contributed by atoms with Crippen LogP contribution < -0.4 is 5.32 Å². The Kier molecular flexibility index (Phi) is 3.40. The third kappa shape index (κ3) is 2.51. The maximum atomic E-state index is 9.56. The van der Waals surface area contributed by atoms with Crippen LogP contribution in [0.1, 0.15) is 5.56 Å². The predicted octanol–water partition coefficient (Wildman–Crippen LogP) is 0.924. The molecule has 0 spiro atoms. The highest BCUT2D eigenvalue weighted by molar-refractivity contribution is 5.46. The molecular formula is C12H14N2O2. The van der Waals surface area contributed by atoms with Crippen molar-refractivity contribution in [2.75, 3.05) is 18.5 Å². The van der Waals surface area contributed by atoms with Crippen LogP contribution in [0.3, 0.4) is 0 Å². The number of aliphatic hydroxyl groups excluding tert-OH is 1. The second-order valence-corrected chi connectivity index (χ2v) is 3.89. The van der Waals surface area contributed by atoms with Gasteiger partial charge in [-0.25, -0.2) is 0 Å². The SMILES string of the molecule is N#CCc1ccc(NC2COCC2O)cc1. The topological polar surface area (TPSA) is 65.3 Å². The van der Waals surface area contributed by atoms with Gasteiger partial charge in [0.25, 0.3) is 0 Å². The van der Waals surface area contributed by atoms with Gasteiger partial charge in [-0.15, -0.1) is 0 Å². The van der Waals surface area contributed by atoms with E-state index < -0.39 is 6.10 Å². The van der Waals surface area contributed by atoms with Crippen molar-refractivity contribution in [3.05, 3.63) is 29.8 Å². The second-order valence-electron chi connectivity index (χ2n) is 3.89. The highest BCUT2D eigenvalue weighted by Gasteiger charge is 2.25. The largest absolute Gasteiger partial charge is 0.388 e. The van der Waals surface area contributed by atoms with Gasteiger partial charge in [0, 0.05) is 5.69 Å². The molecule has 0 bridgehead atoms. The minimum Gasteiger partial charge on any atom is -0.388 e. The number of benzene rings is 1. The van der Waals surface area contributed by atoms with Gasteiger partial charge >= 0.3 is 0 Å². The lowest BCUT2D eigenvalue weighted by Gasteiger charge is -2.15. The molecule has 2 N–H and O–H groups in total. The van der Waals surface area contributed by atoms with E-state index in [1.165, 1.54) is 0 Å². The maximum Gasteiger partial charge on any atom is 0.0996 e. The van der Waals surface area contributed by atoms with Crippen LogP contribution in [0.15, 0.2) is 24.3 Å². The van der Waals surface area contributed by atoms with Crippen molar-refractivity contribution in [2.24, 2.45) is 0 Å². The Balaban J connectivity index is 1.97. The molecular weight excluding hydrogens is 204 g/mol. The fourth-order valence-corrected chi connectivity index (χ4v) is 1.71. The van der Waals surface area contributed by atoms with Gasteiger partial charge in [-0.1, -0.05) is 12.1 Å². The Morgan fingerprint density at radius 1 is 1.38 bits per heavy atom. The van der Waals surface area contributed by atoms with E-state index in [4.69, 9.17) is 10.00 Å². The van der Waals surface area contributed by atoms with Crippen LogP contribution in [0, 0.1) is 11.3 Å². The van der Waals surface area contributed by atoms with Crippen LogP contribution in [-0.4, -0.2) is 30.5 Å². The van der Waals surface area contributed by atoms with E-state index in [2.05, 4.69) is 11.4 Å². The molecule has 0 amide bonds. The lowest BCUT2D eigenvalue weighted by Crippen LogP contribution is -2.31. The minimum absolute atomic E-state index is 0.0400. The van der Waals surface area contributed by atoms with Crippen LogP contribution in [0.25, 0.3) is 0 Å². The smallest absolute Gasteiger partial charge is 0.0996 e. The summed E-state index contributed by atoms with van der Waals surface area (Å²) in [6.07, 6.45) is -0.0195. The van der Waals surface area contributed by atoms with Gasteiger partial charge in [0.05, 0.1) is 37.8 Å². The molecule has 1 fully saturated rings. The number of ether oxygens (including phenoxy) is 1. The van der Waals surface area contributed by atoms with Gasteiger partial charge in [-0.05, 0) is 17.7 Å². The molecule has 2 atom stereocenters. The van der Waals surface area contributed by atoms with E-state index in [0.29, 0.717) is 19.6 Å². The first kappa shape index (κ1) is 10.9. The molecule has 1 saturated heterocycles. The van der Waals surface area contributed by atoms with E-state index in [9.17, 15) is 5.11 Å². The summed E-state index contributed by atoms with van der Waals surface area (Å²) in [5, 5.41) is 21.3. The van der Waals surface area contributed by atoms with Crippen LogP contribution in [0.5, 0.6) is 0 Å². The molecule has 16 heavy (non-hydrogen) atoms.